The fourth-order valence-electron chi connectivity index (χ4n) is 1.68. The first-order valence-electron chi connectivity index (χ1n) is 6.28. The number of unbranched alkanes of at least 4 members (excludes halogenated alkanes) is 6. The van der Waals surface area contributed by atoms with Gasteiger partial charge in [-0.25, -0.2) is 0 Å². The number of carbonyl (C=O) groups is 1. The van der Waals surface area contributed by atoms with E-state index < -0.39 is 5.97 Å². The number of nitriles is 1. The molecule has 1 atom stereocenters. The molecule has 0 fully saturated rings. The standard InChI is InChI=1S/C13H23NO2/c1-12(11-14)9-7-5-3-2-4-6-8-10-13(15)16/h12H,2-10H2,1H3,(H,15,16). The van der Waals surface area contributed by atoms with Crippen molar-refractivity contribution in [3.63, 3.8) is 0 Å². The Morgan fingerprint density at radius 2 is 1.62 bits per heavy atom. The molecule has 0 bridgehead atoms. The summed E-state index contributed by atoms with van der Waals surface area (Å²) in [6, 6.07) is 2.24. The first-order chi connectivity index (χ1) is 7.66. The van der Waals surface area contributed by atoms with Crippen molar-refractivity contribution in [2.24, 2.45) is 5.92 Å². The topological polar surface area (TPSA) is 61.1 Å². The maximum Gasteiger partial charge on any atom is 0.303 e. The molecular weight excluding hydrogens is 202 g/mol. The summed E-state index contributed by atoms with van der Waals surface area (Å²) < 4.78 is 0. The molecule has 0 aliphatic rings. The summed E-state index contributed by atoms with van der Waals surface area (Å²) in [6.45, 7) is 1.96. The second-order valence-corrected chi connectivity index (χ2v) is 4.44. The highest BCUT2D eigenvalue weighted by Gasteiger charge is 1.99. The molecule has 0 spiro atoms. The van der Waals surface area contributed by atoms with Gasteiger partial charge in [0.15, 0.2) is 0 Å². The first kappa shape index (κ1) is 15.0. The average molecular weight is 225 g/mol. The van der Waals surface area contributed by atoms with Crippen molar-refractivity contribution in [3.8, 4) is 6.07 Å². The lowest BCUT2D eigenvalue weighted by molar-refractivity contribution is -0.137. The minimum atomic E-state index is -0.689. The summed E-state index contributed by atoms with van der Waals surface area (Å²) in [5.41, 5.74) is 0. The van der Waals surface area contributed by atoms with E-state index in [4.69, 9.17) is 10.4 Å². The van der Waals surface area contributed by atoms with E-state index >= 15 is 0 Å². The third-order valence-corrected chi connectivity index (χ3v) is 2.75. The molecule has 0 saturated heterocycles. The second kappa shape index (κ2) is 10.5. The van der Waals surface area contributed by atoms with Gasteiger partial charge < -0.3 is 5.11 Å². The molecule has 0 rings (SSSR count). The van der Waals surface area contributed by atoms with E-state index in [1.165, 1.54) is 19.3 Å². The van der Waals surface area contributed by atoms with E-state index in [9.17, 15) is 4.79 Å². The van der Waals surface area contributed by atoms with E-state index in [1.54, 1.807) is 0 Å². The molecule has 0 aromatic heterocycles. The third kappa shape index (κ3) is 11.0. The molecule has 1 unspecified atom stereocenters. The zero-order valence-corrected chi connectivity index (χ0v) is 10.2. The van der Waals surface area contributed by atoms with Gasteiger partial charge in [-0.3, -0.25) is 4.79 Å². The molecular formula is C13H23NO2. The third-order valence-electron chi connectivity index (χ3n) is 2.75. The van der Waals surface area contributed by atoms with Crippen LogP contribution in [0.2, 0.25) is 0 Å². The fourth-order valence-corrected chi connectivity index (χ4v) is 1.68. The van der Waals surface area contributed by atoms with Crippen LogP contribution >= 0.6 is 0 Å². The van der Waals surface area contributed by atoms with Gasteiger partial charge in [-0.15, -0.1) is 0 Å². The van der Waals surface area contributed by atoms with Crippen LogP contribution in [0.25, 0.3) is 0 Å². The lowest BCUT2D eigenvalue weighted by Gasteiger charge is -2.02. The number of hydrogen-bond donors (Lipinski definition) is 1. The van der Waals surface area contributed by atoms with Gasteiger partial charge in [-0.05, 0) is 19.8 Å². The van der Waals surface area contributed by atoms with Crippen LogP contribution in [0, 0.1) is 17.2 Å². The molecule has 0 radical (unpaired) electrons. The predicted molar refractivity (Wildman–Crippen MR) is 64.0 cm³/mol. The van der Waals surface area contributed by atoms with E-state index in [1.807, 2.05) is 6.92 Å². The number of hydrogen-bond acceptors (Lipinski definition) is 2. The molecule has 16 heavy (non-hydrogen) atoms. The molecule has 0 aromatic rings. The zero-order chi connectivity index (χ0) is 12.2. The lowest BCUT2D eigenvalue weighted by Crippen LogP contribution is -1.93. The summed E-state index contributed by atoms with van der Waals surface area (Å²) in [5.74, 6) is -0.499. The minimum Gasteiger partial charge on any atom is -0.481 e. The Labute approximate surface area is 98.5 Å². The second-order valence-electron chi connectivity index (χ2n) is 4.44. The Kier molecular flexibility index (Phi) is 9.80. The lowest BCUT2D eigenvalue weighted by atomic mass is 10.0. The van der Waals surface area contributed by atoms with Crippen molar-refractivity contribution >= 4 is 5.97 Å². The van der Waals surface area contributed by atoms with Gasteiger partial charge in [-0.2, -0.15) is 5.26 Å². The Morgan fingerprint density at radius 1 is 1.12 bits per heavy atom. The van der Waals surface area contributed by atoms with E-state index in [0.717, 1.165) is 32.1 Å². The normalized spacial score (nSPS) is 12.0. The fraction of sp³-hybridized carbons (Fsp3) is 0.846. The maximum absolute atomic E-state index is 10.2. The largest absolute Gasteiger partial charge is 0.481 e. The molecule has 3 nitrogen and oxygen atoms in total. The van der Waals surface area contributed by atoms with Crippen LogP contribution in [0.3, 0.4) is 0 Å². The van der Waals surface area contributed by atoms with Crippen molar-refractivity contribution in [1.82, 2.24) is 0 Å². The van der Waals surface area contributed by atoms with Crippen molar-refractivity contribution in [2.45, 2.75) is 64.7 Å². The summed E-state index contributed by atoms with van der Waals surface area (Å²) in [5, 5.41) is 17.0. The zero-order valence-electron chi connectivity index (χ0n) is 10.2. The van der Waals surface area contributed by atoms with E-state index in [0.29, 0.717) is 6.42 Å². The van der Waals surface area contributed by atoms with E-state index in [2.05, 4.69) is 6.07 Å². The molecule has 0 amide bonds. The highest BCUT2D eigenvalue weighted by Crippen LogP contribution is 2.12. The molecule has 0 aromatic carbocycles. The number of carboxylic acids is 1. The first-order valence-corrected chi connectivity index (χ1v) is 6.28. The quantitative estimate of drug-likeness (QED) is 0.576. The van der Waals surface area contributed by atoms with Crippen LogP contribution < -0.4 is 0 Å². The van der Waals surface area contributed by atoms with Gasteiger partial charge in [0.25, 0.3) is 0 Å². The van der Waals surface area contributed by atoms with Crippen molar-refractivity contribution in [2.75, 3.05) is 0 Å². The Bertz CT molecular complexity index is 220. The van der Waals surface area contributed by atoms with Crippen LogP contribution in [0.5, 0.6) is 0 Å². The molecule has 3 heteroatoms. The van der Waals surface area contributed by atoms with Crippen molar-refractivity contribution in [3.05, 3.63) is 0 Å². The van der Waals surface area contributed by atoms with E-state index in [-0.39, 0.29) is 5.92 Å². The van der Waals surface area contributed by atoms with Crippen molar-refractivity contribution in [1.29, 1.82) is 5.26 Å². The van der Waals surface area contributed by atoms with Crippen LogP contribution in [0.15, 0.2) is 0 Å². The van der Waals surface area contributed by atoms with Gasteiger partial charge in [0.05, 0.1) is 6.07 Å². The van der Waals surface area contributed by atoms with Crippen molar-refractivity contribution < 1.29 is 9.90 Å². The molecule has 0 aliphatic heterocycles. The molecule has 1 N–H and O–H groups in total. The van der Waals surface area contributed by atoms with Gasteiger partial charge in [0.2, 0.25) is 0 Å². The average Bonchev–Trinajstić information content (AvgIpc) is 2.26. The highest BCUT2D eigenvalue weighted by atomic mass is 16.4. The minimum absolute atomic E-state index is 0.190. The van der Waals surface area contributed by atoms with Crippen LogP contribution in [0.4, 0.5) is 0 Å². The van der Waals surface area contributed by atoms with Gasteiger partial charge in [0.1, 0.15) is 0 Å². The number of rotatable bonds is 10. The SMILES string of the molecule is CC(C#N)CCCCCCCCCC(=O)O. The molecule has 0 heterocycles. The molecule has 0 saturated carbocycles. The van der Waals surface area contributed by atoms with Gasteiger partial charge >= 0.3 is 5.97 Å². The number of nitrogens with zero attached hydrogens (tertiary/aromatic N) is 1. The summed E-state index contributed by atoms with van der Waals surface area (Å²) in [6.07, 6.45) is 9.04. The molecule has 0 aliphatic carbocycles. The predicted octanol–water partition coefficient (Wildman–Crippen LogP) is 3.74. The van der Waals surface area contributed by atoms with Gasteiger partial charge in [-0.1, -0.05) is 38.5 Å². The van der Waals surface area contributed by atoms with Crippen LogP contribution in [-0.2, 0) is 4.79 Å². The van der Waals surface area contributed by atoms with Crippen LogP contribution in [-0.4, -0.2) is 11.1 Å². The number of carboxylic acid groups (broad SMARTS) is 1. The smallest absolute Gasteiger partial charge is 0.303 e. The number of aliphatic carboxylic acids is 1. The Balaban J connectivity index is 3.05. The molecule has 92 valence electrons. The Morgan fingerprint density at radius 3 is 2.12 bits per heavy atom. The van der Waals surface area contributed by atoms with Gasteiger partial charge in [0, 0.05) is 12.3 Å². The monoisotopic (exact) mass is 225 g/mol. The summed E-state index contributed by atoms with van der Waals surface area (Å²) in [7, 11) is 0. The summed E-state index contributed by atoms with van der Waals surface area (Å²) in [4.78, 5) is 10.2. The summed E-state index contributed by atoms with van der Waals surface area (Å²) >= 11 is 0. The van der Waals surface area contributed by atoms with Crippen LogP contribution in [0.1, 0.15) is 64.7 Å². The Hall–Kier alpha value is -1.04. The highest BCUT2D eigenvalue weighted by molar-refractivity contribution is 5.66. The maximum atomic E-state index is 10.2.